The molecular weight excluding hydrogens is 330 g/mol. The number of nitrogens with one attached hydrogen (secondary N) is 1. The second kappa shape index (κ2) is 6.84. The largest absolute Gasteiger partial charge is 0.465 e. The number of Topliss-reactive ketones (excluding diaryl/α,β-unsaturated/α-hetero) is 1. The summed E-state index contributed by atoms with van der Waals surface area (Å²) in [5.41, 5.74) is 1.30. The van der Waals surface area contributed by atoms with E-state index in [1.165, 1.54) is 44.4 Å². The van der Waals surface area contributed by atoms with Gasteiger partial charge in [0, 0.05) is 5.56 Å². The van der Waals surface area contributed by atoms with Crippen molar-refractivity contribution in [3.63, 3.8) is 0 Å². The van der Waals surface area contributed by atoms with Crippen molar-refractivity contribution in [2.24, 2.45) is 0 Å². The van der Waals surface area contributed by atoms with Crippen LogP contribution in [0.1, 0.15) is 33.2 Å². The fourth-order valence-electron chi connectivity index (χ4n) is 2.20. The van der Waals surface area contributed by atoms with Gasteiger partial charge in [-0.1, -0.05) is 24.3 Å². The number of benzene rings is 2. The number of ketones is 1. The number of aryl methyl sites for hydroxylation is 1. The van der Waals surface area contributed by atoms with E-state index in [0.29, 0.717) is 11.1 Å². The zero-order valence-electron chi connectivity index (χ0n) is 13.5. The molecule has 0 fully saturated rings. The van der Waals surface area contributed by atoms with Gasteiger partial charge >= 0.3 is 5.97 Å². The molecule has 1 N–H and O–H groups in total. The summed E-state index contributed by atoms with van der Waals surface area (Å²) in [6, 6.07) is 10.4. The van der Waals surface area contributed by atoms with Crippen LogP contribution in [0.15, 0.2) is 47.4 Å². The Kier molecular flexibility index (Phi) is 5.04. The third-order valence-corrected chi connectivity index (χ3v) is 4.86. The molecule has 2 aromatic rings. The topological polar surface area (TPSA) is 89.5 Å². The zero-order chi connectivity index (χ0) is 17.9. The Morgan fingerprint density at radius 2 is 1.67 bits per heavy atom. The molecule has 0 spiro atoms. The molecule has 0 aromatic heterocycles. The molecule has 6 nitrogen and oxygen atoms in total. The van der Waals surface area contributed by atoms with Crippen molar-refractivity contribution in [2.45, 2.75) is 18.7 Å². The highest BCUT2D eigenvalue weighted by molar-refractivity contribution is 7.92. The highest BCUT2D eigenvalue weighted by atomic mass is 32.2. The first-order chi connectivity index (χ1) is 11.3. The van der Waals surface area contributed by atoms with Gasteiger partial charge in [-0.15, -0.1) is 0 Å². The Morgan fingerprint density at radius 1 is 1.04 bits per heavy atom. The maximum absolute atomic E-state index is 12.5. The summed E-state index contributed by atoms with van der Waals surface area (Å²) in [7, 11) is -2.68. The number of sulfonamides is 1. The molecule has 126 valence electrons. The van der Waals surface area contributed by atoms with Gasteiger partial charge in [0.15, 0.2) is 5.78 Å². The van der Waals surface area contributed by atoms with E-state index in [9.17, 15) is 18.0 Å². The highest BCUT2D eigenvalue weighted by Gasteiger charge is 2.20. The van der Waals surface area contributed by atoms with E-state index in [4.69, 9.17) is 4.74 Å². The van der Waals surface area contributed by atoms with Crippen LogP contribution in [-0.2, 0) is 14.8 Å². The normalized spacial score (nSPS) is 11.0. The third kappa shape index (κ3) is 3.62. The Bertz CT molecular complexity index is 886. The monoisotopic (exact) mass is 347 g/mol. The third-order valence-electron chi connectivity index (χ3n) is 3.48. The van der Waals surface area contributed by atoms with Crippen LogP contribution in [0.3, 0.4) is 0 Å². The van der Waals surface area contributed by atoms with Crippen LogP contribution in [0, 0.1) is 6.92 Å². The lowest BCUT2D eigenvalue weighted by atomic mass is 10.1. The fraction of sp³-hybridized carbons (Fsp3) is 0.176. The summed E-state index contributed by atoms with van der Waals surface area (Å²) >= 11 is 0. The maximum Gasteiger partial charge on any atom is 0.340 e. The summed E-state index contributed by atoms with van der Waals surface area (Å²) in [5.74, 6) is -0.781. The number of hydrogen-bond donors (Lipinski definition) is 1. The summed E-state index contributed by atoms with van der Waals surface area (Å²) in [5, 5.41) is 0. The number of ether oxygens (including phenoxy) is 1. The molecule has 7 heteroatoms. The van der Waals surface area contributed by atoms with Gasteiger partial charge < -0.3 is 4.74 Å². The van der Waals surface area contributed by atoms with Crippen LogP contribution in [-0.4, -0.2) is 27.3 Å². The SMILES string of the molecule is COC(=O)c1c(C)cccc1NS(=O)(=O)c1ccc(C(C)=O)cc1. The predicted molar refractivity (Wildman–Crippen MR) is 89.8 cm³/mol. The first kappa shape index (κ1) is 17.7. The van der Waals surface area contributed by atoms with Crippen LogP contribution in [0.5, 0.6) is 0 Å². The van der Waals surface area contributed by atoms with Crippen LogP contribution >= 0.6 is 0 Å². The molecule has 0 saturated heterocycles. The van der Waals surface area contributed by atoms with Crippen LogP contribution in [0.2, 0.25) is 0 Å². The second-order valence-corrected chi connectivity index (χ2v) is 6.86. The number of carbonyl (C=O) groups excluding carboxylic acids is 2. The minimum atomic E-state index is -3.91. The maximum atomic E-state index is 12.5. The van der Waals surface area contributed by atoms with E-state index in [-0.39, 0.29) is 21.9 Å². The Labute approximate surface area is 140 Å². The van der Waals surface area contributed by atoms with Crippen molar-refractivity contribution in [1.82, 2.24) is 0 Å². The van der Waals surface area contributed by atoms with Crippen molar-refractivity contribution in [3.05, 3.63) is 59.2 Å². The molecule has 0 unspecified atom stereocenters. The molecule has 2 aromatic carbocycles. The summed E-state index contributed by atoms with van der Waals surface area (Å²) in [6.45, 7) is 3.09. The molecule has 0 atom stereocenters. The van der Waals surface area contributed by atoms with Gasteiger partial charge in [-0.2, -0.15) is 0 Å². The molecule has 0 heterocycles. The van der Waals surface area contributed by atoms with Crippen LogP contribution in [0.4, 0.5) is 5.69 Å². The lowest BCUT2D eigenvalue weighted by Crippen LogP contribution is -2.17. The molecule has 0 aliphatic carbocycles. The number of anilines is 1. The number of rotatable bonds is 5. The first-order valence-electron chi connectivity index (χ1n) is 7.08. The van der Waals surface area contributed by atoms with Gasteiger partial charge in [0.1, 0.15) is 0 Å². The second-order valence-electron chi connectivity index (χ2n) is 5.18. The van der Waals surface area contributed by atoms with Gasteiger partial charge in [-0.25, -0.2) is 13.2 Å². The Balaban J connectivity index is 2.41. The highest BCUT2D eigenvalue weighted by Crippen LogP contribution is 2.24. The van der Waals surface area contributed by atoms with E-state index in [1.54, 1.807) is 19.1 Å². The zero-order valence-corrected chi connectivity index (χ0v) is 14.3. The van der Waals surface area contributed by atoms with Crippen molar-refractivity contribution in [2.75, 3.05) is 11.8 Å². The fourth-order valence-corrected chi connectivity index (χ4v) is 3.27. The number of esters is 1. The van der Waals surface area contributed by atoms with Gasteiger partial charge in [-0.05, 0) is 37.6 Å². The minimum absolute atomic E-state index is 0.00942. The summed E-state index contributed by atoms with van der Waals surface area (Å²) in [4.78, 5) is 23.2. The number of hydrogen-bond acceptors (Lipinski definition) is 5. The molecule has 2 rings (SSSR count). The molecular formula is C17H17NO5S. The predicted octanol–water partition coefficient (Wildman–Crippen LogP) is 2.79. The Morgan fingerprint density at radius 3 is 2.21 bits per heavy atom. The standard InChI is InChI=1S/C17H17NO5S/c1-11-5-4-6-15(16(11)17(20)23-3)18-24(21,22)14-9-7-13(8-10-14)12(2)19/h4-10,18H,1-3H3. The average Bonchev–Trinajstić information content (AvgIpc) is 2.54. The molecule has 0 amide bonds. The molecule has 0 radical (unpaired) electrons. The Hall–Kier alpha value is -2.67. The van der Waals surface area contributed by atoms with Crippen molar-refractivity contribution in [3.8, 4) is 0 Å². The van der Waals surface area contributed by atoms with Gasteiger partial charge in [0.2, 0.25) is 0 Å². The minimum Gasteiger partial charge on any atom is -0.465 e. The molecule has 24 heavy (non-hydrogen) atoms. The van der Waals surface area contributed by atoms with E-state index >= 15 is 0 Å². The quantitative estimate of drug-likeness (QED) is 0.663. The molecule has 0 saturated carbocycles. The molecule has 0 aliphatic heterocycles. The first-order valence-corrected chi connectivity index (χ1v) is 8.56. The van der Waals surface area contributed by atoms with Crippen LogP contribution < -0.4 is 4.72 Å². The summed E-state index contributed by atoms with van der Waals surface area (Å²) < 4.78 is 32.1. The van der Waals surface area contributed by atoms with E-state index < -0.39 is 16.0 Å². The lowest BCUT2D eigenvalue weighted by Gasteiger charge is -2.13. The van der Waals surface area contributed by atoms with Crippen molar-refractivity contribution in [1.29, 1.82) is 0 Å². The summed E-state index contributed by atoms with van der Waals surface area (Å²) in [6.07, 6.45) is 0. The van der Waals surface area contributed by atoms with Crippen LogP contribution in [0.25, 0.3) is 0 Å². The average molecular weight is 347 g/mol. The molecule has 0 bridgehead atoms. The van der Waals surface area contributed by atoms with Crippen molar-refractivity contribution >= 4 is 27.5 Å². The van der Waals surface area contributed by atoms with Gasteiger partial charge in [0.25, 0.3) is 10.0 Å². The molecule has 0 aliphatic rings. The number of carbonyl (C=O) groups is 2. The number of methoxy groups -OCH3 is 1. The van der Waals surface area contributed by atoms with Gasteiger partial charge in [-0.3, -0.25) is 9.52 Å². The van der Waals surface area contributed by atoms with E-state index in [0.717, 1.165) is 0 Å². The van der Waals surface area contributed by atoms with E-state index in [2.05, 4.69) is 4.72 Å². The lowest BCUT2D eigenvalue weighted by molar-refractivity contribution is 0.0601. The smallest absolute Gasteiger partial charge is 0.340 e. The van der Waals surface area contributed by atoms with Gasteiger partial charge in [0.05, 0.1) is 23.3 Å². The van der Waals surface area contributed by atoms with E-state index in [1.807, 2.05) is 0 Å². The van der Waals surface area contributed by atoms with Crippen molar-refractivity contribution < 1.29 is 22.7 Å².